The highest BCUT2D eigenvalue weighted by Gasteiger charge is 2.28. The maximum atomic E-state index is 11.4. The summed E-state index contributed by atoms with van der Waals surface area (Å²) in [6.07, 6.45) is 4.93. The van der Waals surface area contributed by atoms with E-state index in [1.807, 2.05) is 0 Å². The van der Waals surface area contributed by atoms with Crippen molar-refractivity contribution in [3.8, 4) is 0 Å². The zero-order valence-electron chi connectivity index (χ0n) is 8.12. The van der Waals surface area contributed by atoms with Gasteiger partial charge in [-0.25, -0.2) is 8.42 Å². The molecule has 0 heterocycles. The quantitative estimate of drug-likeness (QED) is 0.691. The monoisotopic (exact) mass is 204 g/mol. The minimum Gasteiger partial charge on any atom is -0.298 e. The topological polar surface area (TPSA) is 51.2 Å². The van der Waals surface area contributed by atoms with Crippen LogP contribution < -0.4 is 0 Å². The van der Waals surface area contributed by atoms with Crippen molar-refractivity contribution in [3.05, 3.63) is 0 Å². The van der Waals surface area contributed by atoms with Gasteiger partial charge in [0.05, 0.1) is 0 Å². The lowest BCUT2D eigenvalue weighted by Gasteiger charge is -2.25. The first-order chi connectivity index (χ1) is 5.91. The summed E-state index contributed by atoms with van der Waals surface area (Å²) >= 11 is 0. The molecule has 0 aromatic rings. The van der Waals surface area contributed by atoms with Crippen LogP contribution in [-0.4, -0.2) is 25.7 Å². The molecule has 0 radical (unpaired) electrons. The van der Waals surface area contributed by atoms with Crippen molar-refractivity contribution in [3.63, 3.8) is 0 Å². The van der Waals surface area contributed by atoms with E-state index in [4.69, 9.17) is 0 Å². The SMILES string of the molecule is CC(C(=O)CC1CCC1)S(C)(=O)=O. The van der Waals surface area contributed by atoms with Crippen LogP contribution in [0.25, 0.3) is 0 Å². The van der Waals surface area contributed by atoms with Crippen LogP contribution in [0.3, 0.4) is 0 Å². The van der Waals surface area contributed by atoms with Crippen molar-refractivity contribution < 1.29 is 13.2 Å². The number of sulfone groups is 1. The van der Waals surface area contributed by atoms with Crippen LogP contribution in [0.1, 0.15) is 32.6 Å². The van der Waals surface area contributed by atoms with Crippen molar-refractivity contribution in [2.24, 2.45) is 5.92 Å². The molecule has 1 fully saturated rings. The van der Waals surface area contributed by atoms with E-state index in [9.17, 15) is 13.2 Å². The number of carbonyl (C=O) groups is 1. The number of rotatable bonds is 4. The van der Waals surface area contributed by atoms with E-state index in [2.05, 4.69) is 0 Å². The van der Waals surface area contributed by atoms with Gasteiger partial charge in [0, 0.05) is 12.7 Å². The van der Waals surface area contributed by atoms with Crippen LogP contribution in [0, 0.1) is 5.92 Å². The average molecular weight is 204 g/mol. The Labute approximate surface area is 79.4 Å². The molecular weight excluding hydrogens is 188 g/mol. The molecule has 0 amide bonds. The minimum absolute atomic E-state index is 0.118. The molecule has 1 rings (SSSR count). The zero-order valence-corrected chi connectivity index (χ0v) is 8.93. The molecule has 4 heteroatoms. The molecule has 76 valence electrons. The number of carbonyl (C=O) groups excluding carboxylic acids is 1. The number of Topliss-reactive ketones (excluding diaryl/α,β-unsaturated/α-hetero) is 1. The smallest absolute Gasteiger partial charge is 0.157 e. The van der Waals surface area contributed by atoms with E-state index in [0.717, 1.165) is 19.1 Å². The molecule has 0 saturated heterocycles. The van der Waals surface area contributed by atoms with Gasteiger partial charge in [0.1, 0.15) is 5.25 Å². The van der Waals surface area contributed by atoms with Gasteiger partial charge in [-0.05, 0) is 12.8 Å². The van der Waals surface area contributed by atoms with E-state index >= 15 is 0 Å². The summed E-state index contributed by atoms with van der Waals surface area (Å²) in [6.45, 7) is 1.48. The Balaban J connectivity index is 2.47. The number of ketones is 1. The summed E-state index contributed by atoms with van der Waals surface area (Å²) in [5, 5.41) is -0.812. The summed E-state index contributed by atoms with van der Waals surface area (Å²) in [6, 6.07) is 0. The number of hydrogen-bond donors (Lipinski definition) is 0. The maximum Gasteiger partial charge on any atom is 0.157 e. The van der Waals surface area contributed by atoms with Crippen molar-refractivity contribution in [2.75, 3.05) is 6.26 Å². The Kier molecular flexibility index (Phi) is 3.11. The molecule has 3 nitrogen and oxygen atoms in total. The summed E-state index contributed by atoms with van der Waals surface area (Å²) in [5.74, 6) is 0.337. The zero-order chi connectivity index (χ0) is 10.1. The largest absolute Gasteiger partial charge is 0.298 e. The minimum atomic E-state index is -3.18. The first-order valence-corrected chi connectivity index (χ1v) is 6.58. The predicted molar refractivity (Wildman–Crippen MR) is 51.3 cm³/mol. The van der Waals surface area contributed by atoms with Gasteiger partial charge in [-0.15, -0.1) is 0 Å². The van der Waals surface area contributed by atoms with Crippen molar-refractivity contribution in [1.82, 2.24) is 0 Å². The lowest BCUT2D eigenvalue weighted by molar-refractivity contribution is -0.119. The molecule has 0 N–H and O–H groups in total. The van der Waals surface area contributed by atoms with Gasteiger partial charge >= 0.3 is 0 Å². The van der Waals surface area contributed by atoms with Gasteiger partial charge < -0.3 is 0 Å². The first kappa shape index (κ1) is 10.7. The first-order valence-electron chi connectivity index (χ1n) is 4.63. The molecule has 1 unspecified atom stereocenters. The second kappa shape index (κ2) is 3.78. The third kappa shape index (κ3) is 2.79. The van der Waals surface area contributed by atoms with Gasteiger partial charge in [0.2, 0.25) is 0 Å². The van der Waals surface area contributed by atoms with Crippen molar-refractivity contribution in [1.29, 1.82) is 0 Å². The fourth-order valence-electron chi connectivity index (χ4n) is 1.39. The average Bonchev–Trinajstić information content (AvgIpc) is 1.93. The van der Waals surface area contributed by atoms with Crippen LogP contribution in [0.5, 0.6) is 0 Å². The van der Waals surface area contributed by atoms with E-state index < -0.39 is 15.1 Å². The highest BCUT2D eigenvalue weighted by Crippen LogP contribution is 2.30. The van der Waals surface area contributed by atoms with Crippen LogP contribution in [0.4, 0.5) is 0 Å². The lowest BCUT2D eigenvalue weighted by atomic mass is 9.81. The molecular formula is C9H16O3S. The van der Waals surface area contributed by atoms with Crippen molar-refractivity contribution >= 4 is 15.6 Å². The van der Waals surface area contributed by atoms with Gasteiger partial charge in [0.25, 0.3) is 0 Å². The summed E-state index contributed by atoms with van der Waals surface area (Å²) < 4.78 is 22.1. The Morgan fingerprint density at radius 3 is 2.31 bits per heavy atom. The summed E-state index contributed by atoms with van der Waals surface area (Å²) in [7, 11) is -3.18. The molecule has 0 aromatic heterocycles. The van der Waals surface area contributed by atoms with Gasteiger partial charge in [-0.2, -0.15) is 0 Å². The third-order valence-corrected chi connectivity index (χ3v) is 4.36. The predicted octanol–water partition coefficient (Wildman–Crippen LogP) is 1.18. The van der Waals surface area contributed by atoms with Gasteiger partial charge in [0.15, 0.2) is 15.6 Å². The molecule has 0 spiro atoms. The van der Waals surface area contributed by atoms with E-state index in [1.165, 1.54) is 13.3 Å². The molecule has 1 aliphatic carbocycles. The third-order valence-electron chi connectivity index (χ3n) is 2.81. The second-order valence-corrected chi connectivity index (χ2v) is 6.31. The Hall–Kier alpha value is -0.380. The molecule has 0 bridgehead atoms. The Morgan fingerprint density at radius 1 is 1.46 bits per heavy atom. The lowest BCUT2D eigenvalue weighted by Crippen LogP contribution is -2.29. The maximum absolute atomic E-state index is 11.4. The van der Waals surface area contributed by atoms with E-state index in [1.54, 1.807) is 0 Å². The summed E-state index contributed by atoms with van der Waals surface area (Å²) in [5.41, 5.74) is 0. The van der Waals surface area contributed by atoms with Crippen LogP contribution in [0.15, 0.2) is 0 Å². The Morgan fingerprint density at radius 2 is 2.00 bits per heavy atom. The highest BCUT2D eigenvalue weighted by molar-refractivity contribution is 7.92. The van der Waals surface area contributed by atoms with Crippen LogP contribution >= 0.6 is 0 Å². The molecule has 0 aromatic carbocycles. The normalized spacial score (nSPS) is 20.8. The van der Waals surface area contributed by atoms with Crippen molar-refractivity contribution in [2.45, 2.75) is 37.9 Å². The standard InChI is InChI=1S/C9H16O3S/c1-7(13(2,11)12)9(10)6-8-4-3-5-8/h7-8H,3-6H2,1-2H3. The molecule has 1 saturated carbocycles. The second-order valence-electron chi connectivity index (χ2n) is 3.94. The molecule has 13 heavy (non-hydrogen) atoms. The highest BCUT2D eigenvalue weighted by atomic mass is 32.2. The number of hydrogen-bond acceptors (Lipinski definition) is 3. The molecule has 1 atom stereocenters. The summed E-state index contributed by atoms with van der Waals surface area (Å²) in [4.78, 5) is 11.4. The fourth-order valence-corrected chi connectivity index (χ4v) is 1.96. The van der Waals surface area contributed by atoms with Crippen LogP contribution in [-0.2, 0) is 14.6 Å². The Bertz CT molecular complexity index is 288. The van der Waals surface area contributed by atoms with E-state index in [0.29, 0.717) is 12.3 Å². The molecule has 1 aliphatic rings. The van der Waals surface area contributed by atoms with Gasteiger partial charge in [-0.1, -0.05) is 19.3 Å². The van der Waals surface area contributed by atoms with Gasteiger partial charge in [-0.3, -0.25) is 4.79 Å². The van der Waals surface area contributed by atoms with E-state index in [-0.39, 0.29) is 5.78 Å². The molecule has 0 aliphatic heterocycles. The van der Waals surface area contributed by atoms with Crippen LogP contribution in [0.2, 0.25) is 0 Å². The fraction of sp³-hybridized carbons (Fsp3) is 0.889.